The summed E-state index contributed by atoms with van der Waals surface area (Å²) >= 11 is 0. The first-order valence-corrected chi connectivity index (χ1v) is 8.91. The normalized spacial score (nSPS) is 22.9. The Bertz CT molecular complexity index is 567. The Morgan fingerprint density at radius 2 is 2.08 bits per heavy atom. The zero-order valence-corrected chi connectivity index (χ0v) is 14.0. The number of carbonyl (C=O) groups is 1. The summed E-state index contributed by atoms with van der Waals surface area (Å²) in [6, 6.07) is 0.420. The lowest BCUT2D eigenvalue weighted by Gasteiger charge is -2.26. The van der Waals surface area contributed by atoms with Crippen molar-refractivity contribution in [2.45, 2.75) is 44.6 Å². The molecule has 0 amide bonds. The maximum atomic E-state index is 10.5. The maximum absolute atomic E-state index is 10.5. The highest BCUT2D eigenvalue weighted by molar-refractivity contribution is 5.84. The third kappa shape index (κ3) is 5.03. The molecular weight excluding hydrogens is 304 g/mol. The molecule has 1 aliphatic carbocycles. The van der Waals surface area contributed by atoms with E-state index in [1.54, 1.807) is 12.4 Å². The van der Waals surface area contributed by atoms with Crippen molar-refractivity contribution >= 4 is 17.9 Å². The first kappa shape index (κ1) is 16.9. The predicted molar refractivity (Wildman–Crippen MR) is 93.7 cm³/mol. The van der Waals surface area contributed by atoms with Crippen molar-refractivity contribution in [1.29, 1.82) is 0 Å². The number of aliphatic carboxylic acids is 1. The monoisotopic (exact) mass is 330 g/mol. The van der Waals surface area contributed by atoms with Crippen LogP contribution in [0.3, 0.4) is 0 Å². The van der Waals surface area contributed by atoms with Crippen LogP contribution in [0.4, 0.5) is 5.82 Å². The minimum absolute atomic E-state index is 0.420. The molecule has 1 saturated heterocycles. The fourth-order valence-electron chi connectivity index (χ4n) is 3.72. The molecule has 2 N–H and O–H groups in total. The molecule has 6 nitrogen and oxygen atoms in total. The third-order valence-corrected chi connectivity index (χ3v) is 4.93. The van der Waals surface area contributed by atoms with Gasteiger partial charge in [-0.05, 0) is 31.3 Å². The lowest BCUT2D eigenvalue weighted by Crippen LogP contribution is -2.31. The number of aromatic nitrogens is 2. The molecule has 6 heteroatoms. The van der Waals surface area contributed by atoms with Gasteiger partial charge in [0.1, 0.15) is 5.82 Å². The van der Waals surface area contributed by atoms with E-state index >= 15 is 0 Å². The van der Waals surface area contributed by atoms with Gasteiger partial charge in [-0.2, -0.15) is 0 Å². The van der Waals surface area contributed by atoms with E-state index in [2.05, 4.69) is 20.2 Å². The summed E-state index contributed by atoms with van der Waals surface area (Å²) in [5.74, 6) is 0.660. The number of carboxylic acid groups (broad SMARTS) is 1. The lowest BCUT2D eigenvalue weighted by atomic mass is 9.89. The number of carboxylic acids is 1. The number of hydrogen-bond acceptors (Lipinski definition) is 5. The van der Waals surface area contributed by atoms with Gasteiger partial charge in [-0.3, -0.25) is 4.98 Å². The minimum Gasteiger partial charge on any atom is -0.478 e. The molecule has 1 aliphatic heterocycles. The maximum Gasteiger partial charge on any atom is 0.328 e. The van der Waals surface area contributed by atoms with Crippen LogP contribution < -0.4 is 5.32 Å². The first-order chi connectivity index (χ1) is 11.7. The highest BCUT2D eigenvalue weighted by atomic mass is 16.4. The minimum atomic E-state index is -0.983. The van der Waals surface area contributed by atoms with Crippen molar-refractivity contribution in [3.8, 4) is 0 Å². The molecule has 0 bridgehead atoms. The topological polar surface area (TPSA) is 78.3 Å². The molecule has 0 aromatic carbocycles. The van der Waals surface area contributed by atoms with Crippen LogP contribution in [0.5, 0.6) is 0 Å². The summed E-state index contributed by atoms with van der Waals surface area (Å²) in [7, 11) is 0. The van der Waals surface area contributed by atoms with Crippen LogP contribution in [-0.4, -0.2) is 51.6 Å². The Hall–Kier alpha value is -1.95. The Morgan fingerprint density at radius 3 is 2.79 bits per heavy atom. The zero-order valence-electron chi connectivity index (χ0n) is 14.0. The largest absolute Gasteiger partial charge is 0.478 e. The fourth-order valence-corrected chi connectivity index (χ4v) is 3.72. The van der Waals surface area contributed by atoms with Gasteiger partial charge in [-0.1, -0.05) is 19.3 Å². The predicted octanol–water partition coefficient (Wildman–Crippen LogP) is 2.64. The SMILES string of the molecule is O=C(O)C=Cc1cnc(N[C@@H]2CCN(CC3CCCCC3)C2)cn1. The average molecular weight is 330 g/mol. The first-order valence-electron chi connectivity index (χ1n) is 8.91. The number of nitrogens with zero attached hydrogens (tertiary/aromatic N) is 3. The van der Waals surface area contributed by atoms with Crippen molar-refractivity contribution in [2.24, 2.45) is 5.92 Å². The van der Waals surface area contributed by atoms with Crippen molar-refractivity contribution in [1.82, 2.24) is 14.9 Å². The van der Waals surface area contributed by atoms with E-state index in [4.69, 9.17) is 5.11 Å². The fraction of sp³-hybridized carbons (Fsp3) is 0.611. The third-order valence-electron chi connectivity index (χ3n) is 4.93. The van der Waals surface area contributed by atoms with E-state index < -0.39 is 5.97 Å². The average Bonchev–Trinajstić information content (AvgIpc) is 3.02. The van der Waals surface area contributed by atoms with E-state index in [0.717, 1.165) is 37.3 Å². The zero-order chi connectivity index (χ0) is 16.8. The van der Waals surface area contributed by atoms with Gasteiger partial charge in [0.25, 0.3) is 0 Å². The molecule has 2 fully saturated rings. The molecular formula is C18H26N4O2. The summed E-state index contributed by atoms with van der Waals surface area (Å²) in [4.78, 5) is 21.6. The summed E-state index contributed by atoms with van der Waals surface area (Å²) in [5, 5.41) is 12.1. The molecule has 0 spiro atoms. The Morgan fingerprint density at radius 1 is 1.25 bits per heavy atom. The number of likely N-dealkylation sites (tertiary alicyclic amines) is 1. The van der Waals surface area contributed by atoms with E-state index in [9.17, 15) is 4.79 Å². The van der Waals surface area contributed by atoms with Crippen LogP contribution in [0, 0.1) is 5.92 Å². The molecule has 0 unspecified atom stereocenters. The Balaban J connectivity index is 1.45. The second-order valence-electron chi connectivity index (χ2n) is 6.89. The molecule has 24 heavy (non-hydrogen) atoms. The van der Waals surface area contributed by atoms with Crippen LogP contribution in [0.1, 0.15) is 44.2 Å². The lowest BCUT2D eigenvalue weighted by molar-refractivity contribution is -0.131. The van der Waals surface area contributed by atoms with E-state index in [-0.39, 0.29) is 0 Å². The van der Waals surface area contributed by atoms with Gasteiger partial charge in [0.2, 0.25) is 0 Å². The van der Waals surface area contributed by atoms with Crippen molar-refractivity contribution < 1.29 is 9.90 Å². The van der Waals surface area contributed by atoms with Crippen LogP contribution in [0.25, 0.3) is 6.08 Å². The highest BCUT2D eigenvalue weighted by Crippen LogP contribution is 2.26. The molecule has 2 heterocycles. The smallest absolute Gasteiger partial charge is 0.328 e. The molecule has 130 valence electrons. The van der Waals surface area contributed by atoms with E-state index in [1.165, 1.54) is 44.7 Å². The van der Waals surface area contributed by atoms with Crippen molar-refractivity contribution in [3.63, 3.8) is 0 Å². The second-order valence-corrected chi connectivity index (χ2v) is 6.89. The molecule has 0 radical (unpaired) electrons. The summed E-state index contributed by atoms with van der Waals surface area (Å²) in [5.41, 5.74) is 0.549. The van der Waals surface area contributed by atoms with Crippen molar-refractivity contribution in [2.75, 3.05) is 25.0 Å². The summed E-state index contributed by atoms with van der Waals surface area (Å²) in [6.45, 7) is 3.46. The number of hydrogen-bond donors (Lipinski definition) is 2. The van der Waals surface area contributed by atoms with Crippen LogP contribution in [-0.2, 0) is 4.79 Å². The second kappa shape index (κ2) is 8.24. The Labute approximate surface area is 143 Å². The van der Waals surface area contributed by atoms with Gasteiger partial charge in [-0.25, -0.2) is 9.78 Å². The standard InChI is InChI=1S/C18H26N4O2/c23-18(24)7-6-15-10-20-17(11-19-15)21-16-8-9-22(13-16)12-14-4-2-1-3-5-14/h6-7,10-11,14,16H,1-5,8-9,12-13H2,(H,20,21)(H,23,24)/t16-/m1/s1. The van der Waals surface area contributed by atoms with Crippen LogP contribution in [0.15, 0.2) is 18.5 Å². The van der Waals surface area contributed by atoms with E-state index in [1.807, 2.05) is 0 Å². The molecule has 1 aromatic heterocycles. The molecule has 1 saturated carbocycles. The van der Waals surface area contributed by atoms with Crippen LogP contribution >= 0.6 is 0 Å². The van der Waals surface area contributed by atoms with Gasteiger partial charge < -0.3 is 15.3 Å². The molecule has 3 rings (SSSR count). The summed E-state index contributed by atoms with van der Waals surface area (Å²) < 4.78 is 0. The van der Waals surface area contributed by atoms with Crippen molar-refractivity contribution in [3.05, 3.63) is 24.2 Å². The van der Waals surface area contributed by atoms with Gasteiger partial charge in [-0.15, -0.1) is 0 Å². The van der Waals surface area contributed by atoms with Gasteiger partial charge in [0, 0.05) is 31.8 Å². The summed E-state index contributed by atoms with van der Waals surface area (Å²) in [6.07, 6.45) is 13.9. The number of rotatable bonds is 6. The molecule has 2 aliphatic rings. The van der Waals surface area contributed by atoms with Crippen LogP contribution in [0.2, 0.25) is 0 Å². The quantitative estimate of drug-likeness (QED) is 0.781. The van der Waals surface area contributed by atoms with Gasteiger partial charge in [0.05, 0.1) is 18.1 Å². The molecule has 1 aromatic rings. The number of nitrogens with one attached hydrogen (secondary N) is 1. The van der Waals surface area contributed by atoms with E-state index in [0.29, 0.717) is 11.7 Å². The van der Waals surface area contributed by atoms with Gasteiger partial charge in [0.15, 0.2) is 0 Å². The van der Waals surface area contributed by atoms with Gasteiger partial charge >= 0.3 is 5.97 Å². The Kier molecular flexibility index (Phi) is 5.80. The molecule has 1 atom stereocenters. The number of anilines is 1. The highest BCUT2D eigenvalue weighted by Gasteiger charge is 2.25.